The molecule has 1 heterocycles. The van der Waals surface area contributed by atoms with Crippen LogP contribution in [0.25, 0.3) is 0 Å². The first-order chi connectivity index (χ1) is 10.1. The average Bonchev–Trinajstić information content (AvgIpc) is 2.46. The van der Waals surface area contributed by atoms with Gasteiger partial charge >= 0.3 is 0 Å². The number of rotatable bonds is 5. The normalized spacial score (nSPS) is 10.2. The second-order valence-corrected chi connectivity index (χ2v) is 5.26. The van der Waals surface area contributed by atoms with Crippen molar-refractivity contribution in [3.05, 3.63) is 52.8 Å². The summed E-state index contributed by atoms with van der Waals surface area (Å²) in [6, 6.07) is 7.12. The number of carbonyl (C=O) groups is 1. The zero-order valence-electron chi connectivity index (χ0n) is 12.1. The second-order valence-electron chi connectivity index (χ2n) is 4.82. The first-order valence-corrected chi connectivity index (χ1v) is 7.24. The zero-order valence-corrected chi connectivity index (χ0v) is 12.9. The van der Waals surface area contributed by atoms with Crippen molar-refractivity contribution < 1.29 is 4.79 Å². The molecule has 21 heavy (non-hydrogen) atoms. The maximum Gasteiger partial charge on any atom is 0.257 e. The van der Waals surface area contributed by atoms with Crippen molar-refractivity contribution in [2.75, 3.05) is 17.2 Å². The Bertz CT molecular complexity index is 643. The van der Waals surface area contributed by atoms with Crippen LogP contribution in [0.1, 0.15) is 29.3 Å². The minimum Gasteiger partial charge on any atom is -0.384 e. The lowest BCUT2D eigenvalue weighted by molar-refractivity contribution is 0.102. The first kappa shape index (κ1) is 15.3. The SMILES string of the molecule is CCCNc1ccc(Cl)cc1C(=O)Nc1cncc(C)c1. The van der Waals surface area contributed by atoms with Crippen molar-refractivity contribution in [1.82, 2.24) is 4.98 Å². The van der Waals surface area contributed by atoms with Gasteiger partial charge in [0.15, 0.2) is 0 Å². The molecule has 0 radical (unpaired) electrons. The van der Waals surface area contributed by atoms with E-state index in [4.69, 9.17) is 11.6 Å². The van der Waals surface area contributed by atoms with Crippen molar-refractivity contribution in [1.29, 1.82) is 0 Å². The summed E-state index contributed by atoms with van der Waals surface area (Å²) in [6.07, 6.45) is 4.34. The van der Waals surface area contributed by atoms with Gasteiger partial charge in [0, 0.05) is 23.5 Å². The van der Waals surface area contributed by atoms with Gasteiger partial charge in [-0.05, 0) is 43.2 Å². The summed E-state index contributed by atoms with van der Waals surface area (Å²) in [5.74, 6) is -0.205. The van der Waals surface area contributed by atoms with Crippen molar-refractivity contribution in [2.45, 2.75) is 20.3 Å². The summed E-state index contributed by atoms with van der Waals surface area (Å²) in [5.41, 5.74) is 2.96. The molecule has 2 rings (SSSR count). The van der Waals surface area contributed by atoms with Crippen LogP contribution in [0.3, 0.4) is 0 Å². The fourth-order valence-corrected chi connectivity index (χ4v) is 2.11. The quantitative estimate of drug-likeness (QED) is 0.873. The topological polar surface area (TPSA) is 54.0 Å². The number of nitrogens with zero attached hydrogens (tertiary/aromatic N) is 1. The number of aryl methyl sites for hydroxylation is 1. The van der Waals surface area contributed by atoms with Crippen LogP contribution in [0.15, 0.2) is 36.7 Å². The van der Waals surface area contributed by atoms with Gasteiger partial charge in [-0.2, -0.15) is 0 Å². The number of amides is 1. The monoisotopic (exact) mass is 303 g/mol. The molecule has 1 aromatic heterocycles. The lowest BCUT2D eigenvalue weighted by Gasteiger charge is -2.12. The molecule has 0 aliphatic carbocycles. The van der Waals surface area contributed by atoms with Crippen LogP contribution in [-0.4, -0.2) is 17.4 Å². The molecule has 0 saturated heterocycles. The van der Waals surface area contributed by atoms with Crippen LogP contribution in [0.5, 0.6) is 0 Å². The minimum atomic E-state index is -0.205. The van der Waals surface area contributed by atoms with Gasteiger partial charge in [-0.25, -0.2) is 0 Å². The number of anilines is 2. The number of nitrogens with one attached hydrogen (secondary N) is 2. The highest BCUT2D eigenvalue weighted by molar-refractivity contribution is 6.31. The fraction of sp³-hybridized carbons (Fsp3) is 0.250. The molecule has 0 aliphatic heterocycles. The number of halogens is 1. The molecule has 0 fully saturated rings. The van der Waals surface area contributed by atoms with E-state index >= 15 is 0 Å². The lowest BCUT2D eigenvalue weighted by Crippen LogP contribution is -2.15. The predicted octanol–water partition coefficient (Wildman–Crippen LogP) is 4.12. The average molecular weight is 304 g/mol. The Balaban J connectivity index is 2.23. The third-order valence-electron chi connectivity index (χ3n) is 2.92. The predicted molar refractivity (Wildman–Crippen MR) is 87.2 cm³/mol. The van der Waals surface area contributed by atoms with Gasteiger partial charge in [0.25, 0.3) is 5.91 Å². The van der Waals surface area contributed by atoms with E-state index in [0.29, 0.717) is 16.3 Å². The molecule has 2 aromatic rings. The second kappa shape index (κ2) is 7.09. The van der Waals surface area contributed by atoms with Crippen LogP contribution in [-0.2, 0) is 0 Å². The standard InChI is InChI=1S/C16H18ClN3O/c1-3-6-19-15-5-4-12(17)8-14(15)16(21)20-13-7-11(2)9-18-10-13/h4-5,7-10,19H,3,6H2,1-2H3,(H,20,21). The van der Waals surface area contributed by atoms with Crippen LogP contribution < -0.4 is 10.6 Å². The molecule has 0 atom stereocenters. The zero-order chi connectivity index (χ0) is 15.2. The summed E-state index contributed by atoms with van der Waals surface area (Å²) < 4.78 is 0. The third-order valence-corrected chi connectivity index (χ3v) is 3.16. The Morgan fingerprint density at radius 2 is 2.10 bits per heavy atom. The van der Waals surface area contributed by atoms with Crippen molar-refractivity contribution in [3.8, 4) is 0 Å². The molecule has 0 unspecified atom stereocenters. The number of hydrogen-bond donors (Lipinski definition) is 2. The van der Waals surface area contributed by atoms with Crippen LogP contribution in [0.2, 0.25) is 5.02 Å². The van der Waals surface area contributed by atoms with Crippen molar-refractivity contribution >= 4 is 28.9 Å². The van der Waals surface area contributed by atoms with Gasteiger partial charge in [0.05, 0.1) is 17.4 Å². The maximum atomic E-state index is 12.4. The summed E-state index contributed by atoms with van der Waals surface area (Å²) in [6.45, 7) is 4.80. The minimum absolute atomic E-state index is 0.205. The largest absolute Gasteiger partial charge is 0.384 e. The number of pyridine rings is 1. The molecular formula is C16H18ClN3O. The summed E-state index contributed by atoms with van der Waals surface area (Å²) in [7, 11) is 0. The summed E-state index contributed by atoms with van der Waals surface area (Å²) in [5, 5.41) is 6.61. The Hall–Kier alpha value is -2.07. The number of hydrogen-bond acceptors (Lipinski definition) is 3. The molecule has 0 saturated carbocycles. The Kier molecular flexibility index (Phi) is 5.17. The molecule has 1 amide bonds. The van der Waals surface area contributed by atoms with E-state index < -0.39 is 0 Å². The van der Waals surface area contributed by atoms with E-state index in [2.05, 4.69) is 22.5 Å². The molecule has 1 aromatic carbocycles. The van der Waals surface area contributed by atoms with Gasteiger partial charge in [0.1, 0.15) is 0 Å². The van der Waals surface area contributed by atoms with E-state index in [1.807, 2.05) is 19.1 Å². The molecule has 0 spiro atoms. The van der Waals surface area contributed by atoms with Gasteiger partial charge in [-0.15, -0.1) is 0 Å². The third kappa shape index (κ3) is 4.20. The van der Waals surface area contributed by atoms with Crippen molar-refractivity contribution in [2.24, 2.45) is 0 Å². The smallest absolute Gasteiger partial charge is 0.257 e. The summed E-state index contributed by atoms with van der Waals surface area (Å²) >= 11 is 6.00. The number of benzene rings is 1. The van der Waals surface area contributed by atoms with E-state index in [0.717, 1.165) is 24.2 Å². The number of aromatic nitrogens is 1. The van der Waals surface area contributed by atoms with Gasteiger partial charge in [-0.3, -0.25) is 9.78 Å². The Morgan fingerprint density at radius 1 is 1.29 bits per heavy atom. The van der Waals surface area contributed by atoms with Crippen molar-refractivity contribution in [3.63, 3.8) is 0 Å². The highest BCUT2D eigenvalue weighted by Gasteiger charge is 2.12. The molecular weight excluding hydrogens is 286 g/mol. The van der Waals surface area contributed by atoms with E-state index in [-0.39, 0.29) is 5.91 Å². The fourth-order valence-electron chi connectivity index (χ4n) is 1.94. The number of carbonyl (C=O) groups excluding carboxylic acids is 1. The summed E-state index contributed by atoms with van der Waals surface area (Å²) in [4.78, 5) is 16.5. The molecule has 0 bridgehead atoms. The lowest BCUT2D eigenvalue weighted by atomic mass is 10.1. The van der Waals surface area contributed by atoms with Crippen LogP contribution >= 0.6 is 11.6 Å². The van der Waals surface area contributed by atoms with Crippen LogP contribution in [0.4, 0.5) is 11.4 Å². The molecule has 5 heteroatoms. The molecule has 2 N–H and O–H groups in total. The highest BCUT2D eigenvalue weighted by Crippen LogP contribution is 2.22. The molecule has 0 aliphatic rings. The Labute approximate surface area is 129 Å². The Morgan fingerprint density at radius 3 is 2.81 bits per heavy atom. The molecule has 4 nitrogen and oxygen atoms in total. The van der Waals surface area contributed by atoms with Gasteiger partial charge in [-0.1, -0.05) is 18.5 Å². The molecule has 110 valence electrons. The maximum absolute atomic E-state index is 12.4. The van der Waals surface area contributed by atoms with E-state index in [1.54, 1.807) is 24.5 Å². The van der Waals surface area contributed by atoms with E-state index in [9.17, 15) is 4.79 Å². The van der Waals surface area contributed by atoms with E-state index in [1.165, 1.54) is 0 Å². The first-order valence-electron chi connectivity index (χ1n) is 6.86. The van der Waals surface area contributed by atoms with Gasteiger partial charge < -0.3 is 10.6 Å². The van der Waals surface area contributed by atoms with Gasteiger partial charge in [0.2, 0.25) is 0 Å². The highest BCUT2D eigenvalue weighted by atomic mass is 35.5. The van der Waals surface area contributed by atoms with Crippen LogP contribution in [0, 0.1) is 6.92 Å².